The highest BCUT2D eigenvalue weighted by Crippen LogP contribution is 2.28. The monoisotopic (exact) mass is 413 g/mol. The number of thioether (sulfide) groups is 1. The average Bonchev–Trinajstić information content (AvgIpc) is 3.13. The summed E-state index contributed by atoms with van der Waals surface area (Å²) in [5.74, 6) is 1.52. The lowest BCUT2D eigenvalue weighted by Crippen LogP contribution is -2.08. The zero-order chi connectivity index (χ0) is 20.6. The van der Waals surface area contributed by atoms with E-state index in [1.54, 1.807) is 49.6 Å². The Bertz CT molecular complexity index is 1010. The van der Waals surface area contributed by atoms with Crippen LogP contribution in [0.1, 0.15) is 21.7 Å². The van der Waals surface area contributed by atoms with Gasteiger partial charge in [0.2, 0.25) is 0 Å². The van der Waals surface area contributed by atoms with E-state index in [9.17, 15) is 9.18 Å². The number of halogens is 1. The van der Waals surface area contributed by atoms with Gasteiger partial charge in [0.15, 0.2) is 22.5 Å². The third-order valence-electron chi connectivity index (χ3n) is 4.10. The number of rotatable bonds is 10. The first-order valence-electron chi connectivity index (χ1n) is 8.81. The highest BCUT2D eigenvalue weighted by molar-refractivity contribution is 7.98. The van der Waals surface area contributed by atoms with E-state index in [4.69, 9.17) is 9.47 Å². The molecule has 0 bridgehead atoms. The Morgan fingerprint density at radius 2 is 2.03 bits per heavy atom. The summed E-state index contributed by atoms with van der Waals surface area (Å²) in [4.78, 5) is 11.1. The normalized spacial score (nSPS) is 10.6. The number of hydrogen-bond donors (Lipinski definition) is 0. The van der Waals surface area contributed by atoms with Gasteiger partial charge in [0, 0.05) is 23.4 Å². The van der Waals surface area contributed by atoms with Crippen LogP contribution >= 0.6 is 11.8 Å². The second-order valence-electron chi connectivity index (χ2n) is 5.99. The molecule has 0 spiro atoms. The van der Waals surface area contributed by atoms with Crippen molar-refractivity contribution in [2.24, 2.45) is 0 Å². The predicted molar refractivity (Wildman–Crippen MR) is 109 cm³/mol. The number of aromatic nitrogens is 3. The second kappa shape index (κ2) is 9.88. The Kier molecular flexibility index (Phi) is 7.02. The van der Waals surface area contributed by atoms with Gasteiger partial charge in [0.05, 0.1) is 7.11 Å². The summed E-state index contributed by atoms with van der Waals surface area (Å²) in [6.45, 7) is 4.33. The first-order valence-corrected chi connectivity index (χ1v) is 9.80. The van der Waals surface area contributed by atoms with Crippen LogP contribution in [0.5, 0.6) is 11.5 Å². The summed E-state index contributed by atoms with van der Waals surface area (Å²) in [6, 6.07) is 11.5. The first-order chi connectivity index (χ1) is 14.2. The van der Waals surface area contributed by atoms with E-state index < -0.39 is 5.82 Å². The smallest absolute Gasteiger partial charge is 0.191 e. The molecule has 0 saturated heterocycles. The molecule has 29 heavy (non-hydrogen) atoms. The average molecular weight is 413 g/mol. The number of hydrogen-bond acceptors (Lipinski definition) is 6. The van der Waals surface area contributed by atoms with Gasteiger partial charge in [0.25, 0.3) is 0 Å². The summed E-state index contributed by atoms with van der Waals surface area (Å²) < 4.78 is 26.5. The Hall–Kier alpha value is -3.13. The van der Waals surface area contributed by atoms with Crippen LogP contribution in [0.3, 0.4) is 0 Å². The van der Waals surface area contributed by atoms with Crippen LogP contribution < -0.4 is 9.47 Å². The first kappa shape index (κ1) is 20.6. The Morgan fingerprint density at radius 1 is 1.21 bits per heavy atom. The predicted octanol–water partition coefficient (Wildman–Crippen LogP) is 4.30. The number of nitrogens with zero attached hydrogens (tertiary/aromatic N) is 3. The summed E-state index contributed by atoms with van der Waals surface area (Å²) in [7, 11) is 1.59. The van der Waals surface area contributed by atoms with Crippen LogP contribution in [0.4, 0.5) is 4.39 Å². The Labute approximate surface area is 172 Å². The molecule has 0 atom stereocenters. The highest BCUT2D eigenvalue weighted by atomic mass is 32.2. The summed E-state index contributed by atoms with van der Waals surface area (Å²) >= 11 is 1.45. The van der Waals surface area contributed by atoms with Gasteiger partial charge in [0.1, 0.15) is 18.6 Å². The van der Waals surface area contributed by atoms with Gasteiger partial charge in [-0.1, -0.05) is 30.0 Å². The zero-order valence-electron chi connectivity index (χ0n) is 15.9. The van der Waals surface area contributed by atoms with Gasteiger partial charge in [-0.3, -0.25) is 9.36 Å². The van der Waals surface area contributed by atoms with Crippen LogP contribution in [0, 0.1) is 5.82 Å². The van der Waals surface area contributed by atoms with Gasteiger partial charge in [-0.15, -0.1) is 16.8 Å². The van der Waals surface area contributed by atoms with E-state index >= 15 is 0 Å². The Morgan fingerprint density at radius 3 is 2.76 bits per heavy atom. The molecule has 0 aliphatic carbocycles. The number of para-hydroxylation sites is 1. The summed E-state index contributed by atoms with van der Waals surface area (Å²) in [5.41, 5.74) is 1.45. The summed E-state index contributed by atoms with van der Waals surface area (Å²) in [6.07, 6.45) is 2.53. The SMILES string of the molecule is C=CCn1c(COc2ccccc2F)nnc1SCc1cc(C=O)ccc1OC. The van der Waals surface area contributed by atoms with E-state index in [1.165, 1.54) is 17.8 Å². The maximum Gasteiger partial charge on any atom is 0.191 e. The van der Waals surface area contributed by atoms with Crippen molar-refractivity contribution < 1.29 is 18.7 Å². The van der Waals surface area contributed by atoms with Crippen LogP contribution in [-0.2, 0) is 18.9 Å². The number of allylic oxidation sites excluding steroid dienone is 1. The maximum absolute atomic E-state index is 13.8. The van der Waals surface area contributed by atoms with Gasteiger partial charge < -0.3 is 9.47 Å². The summed E-state index contributed by atoms with van der Waals surface area (Å²) in [5, 5.41) is 9.07. The van der Waals surface area contributed by atoms with E-state index in [0.29, 0.717) is 34.6 Å². The van der Waals surface area contributed by atoms with Gasteiger partial charge in [-0.2, -0.15) is 0 Å². The minimum atomic E-state index is -0.431. The van der Waals surface area contributed by atoms with Crippen LogP contribution in [0.25, 0.3) is 0 Å². The van der Waals surface area contributed by atoms with Crippen molar-refractivity contribution in [1.29, 1.82) is 0 Å². The number of aldehydes is 1. The van der Waals surface area contributed by atoms with E-state index in [-0.39, 0.29) is 12.4 Å². The molecule has 2 aromatic carbocycles. The van der Waals surface area contributed by atoms with Crippen molar-refractivity contribution in [2.45, 2.75) is 24.1 Å². The van der Waals surface area contributed by atoms with Gasteiger partial charge in [-0.25, -0.2) is 4.39 Å². The molecule has 8 heteroatoms. The number of ether oxygens (including phenoxy) is 2. The molecule has 0 N–H and O–H groups in total. The van der Waals surface area contributed by atoms with Gasteiger partial charge in [-0.05, 0) is 30.3 Å². The van der Waals surface area contributed by atoms with E-state index in [0.717, 1.165) is 11.8 Å². The van der Waals surface area contributed by atoms with Crippen molar-refractivity contribution in [3.8, 4) is 11.5 Å². The molecular formula is C21H20FN3O3S. The molecule has 0 aliphatic heterocycles. The molecule has 0 fully saturated rings. The topological polar surface area (TPSA) is 66.2 Å². The molecular weight excluding hydrogens is 393 g/mol. The fraction of sp³-hybridized carbons (Fsp3) is 0.190. The molecule has 6 nitrogen and oxygen atoms in total. The van der Waals surface area contributed by atoms with E-state index in [1.807, 2.05) is 4.57 Å². The van der Waals surface area contributed by atoms with Crippen molar-refractivity contribution in [3.05, 3.63) is 77.9 Å². The lowest BCUT2D eigenvalue weighted by Gasteiger charge is -2.11. The Balaban J connectivity index is 1.76. The molecule has 1 aromatic heterocycles. The number of benzene rings is 2. The second-order valence-corrected chi connectivity index (χ2v) is 6.94. The maximum atomic E-state index is 13.8. The molecule has 0 amide bonds. The quantitative estimate of drug-likeness (QED) is 0.281. The van der Waals surface area contributed by atoms with Gasteiger partial charge >= 0.3 is 0 Å². The van der Waals surface area contributed by atoms with Crippen LogP contribution in [-0.4, -0.2) is 28.2 Å². The third kappa shape index (κ3) is 5.03. The molecule has 0 unspecified atom stereocenters. The van der Waals surface area contributed by atoms with Crippen molar-refractivity contribution in [3.63, 3.8) is 0 Å². The fourth-order valence-corrected chi connectivity index (χ4v) is 3.62. The number of methoxy groups -OCH3 is 1. The minimum Gasteiger partial charge on any atom is -0.496 e. The molecule has 1 heterocycles. The number of carbonyl (C=O) groups is 1. The molecule has 3 aromatic rings. The standard InChI is InChI=1S/C21H20FN3O3S/c1-3-10-25-20(13-28-19-7-5-4-6-17(19)22)23-24-21(25)29-14-16-11-15(12-26)8-9-18(16)27-2/h3-9,11-12H,1,10,13-14H2,2H3. The largest absolute Gasteiger partial charge is 0.496 e. The lowest BCUT2D eigenvalue weighted by atomic mass is 10.1. The van der Waals surface area contributed by atoms with Crippen molar-refractivity contribution in [1.82, 2.24) is 14.8 Å². The molecule has 3 rings (SSSR count). The van der Waals surface area contributed by atoms with Crippen LogP contribution in [0.2, 0.25) is 0 Å². The fourth-order valence-electron chi connectivity index (χ4n) is 2.68. The highest BCUT2D eigenvalue weighted by Gasteiger charge is 2.15. The third-order valence-corrected chi connectivity index (χ3v) is 5.11. The number of carbonyl (C=O) groups excluding carboxylic acids is 1. The molecule has 0 aliphatic rings. The molecule has 0 radical (unpaired) electrons. The van der Waals surface area contributed by atoms with E-state index in [2.05, 4.69) is 16.8 Å². The lowest BCUT2D eigenvalue weighted by molar-refractivity contribution is 0.112. The van der Waals surface area contributed by atoms with Crippen molar-refractivity contribution in [2.75, 3.05) is 7.11 Å². The molecule has 150 valence electrons. The molecule has 0 saturated carbocycles. The minimum absolute atomic E-state index is 0.0757. The zero-order valence-corrected chi connectivity index (χ0v) is 16.7. The van der Waals surface area contributed by atoms with Crippen molar-refractivity contribution >= 4 is 18.0 Å². The van der Waals surface area contributed by atoms with Crippen LogP contribution in [0.15, 0.2) is 60.3 Å².